The molecule has 3 heteroatoms. The van der Waals surface area contributed by atoms with E-state index >= 15 is 0 Å². The minimum Gasteiger partial charge on any atom is -0.360 e. The fraction of sp³-hybridized carbons (Fsp3) is 0.118. The summed E-state index contributed by atoms with van der Waals surface area (Å²) in [6.45, 7) is 0. The Balaban J connectivity index is 2.02. The summed E-state index contributed by atoms with van der Waals surface area (Å²) in [6, 6.07) is 20.3. The van der Waals surface area contributed by atoms with Crippen molar-refractivity contribution in [2.45, 2.75) is 12.3 Å². The van der Waals surface area contributed by atoms with Gasteiger partial charge >= 0.3 is 0 Å². The van der Waals surface area contributed by atoms with E-state index in [0.717, 1.165) is 29.0 Å². The number of hydrogen-bond donors (Lipinski definition) is 0. The summed E-state index contributed by atoms with van der Waals surface area (Å²) in [5.41, 5.74) is 4.10. The van der Waals surface area contributed by atoms with Gasteiger partial charge in [-0.1, -0.05) is 65.8 Å². The zero-order chi connectivity index (χ0) is 13.8. The van der Waals surface area contributed by atoms with Gasteiger partial charge in [-0.25, -0.2) is 0 Å². The number of nitrogens with zero attached hydrogens (tertiary/aromatic N) is 1. The fourth-order valence-electron chi connectivity index (χ4n) is 2.29. The van der Waals surface area contributed by atoms with Crippen molar-refractivity contribution in [3.63, 3.8) is 0 Å². The number of alkyl halides is 1. The second-order valence-corrected chi connectivity index (χ2v) is 4.86. The van der Waals surface area contributed by atoms with Crippen LogP contribution in [0.25, 0.3) is 11.1 Å². The third-order valence-electron chi connectivity index (χ3n) is 3.23. The zero-order valence-corrected chi connectivity index (χ0v) is 11.7. The van der Waals surface area contributed by atoms with Gasteiger partial charge in [-0.3, -0.25) is 0 Å². The van der Waals surface area contributed by atoms with Gasteiger partial charge in [0.25, 0.3) is 0 Å². The van der Waals surface area contributed by atoms with E-state index in [1.807, 2.05) is 36.4 Å². The van der Waals surface area contributed by atoms with Crippen LogP contribution in [0.4, 0.5) is 0 Å². The molecule has 0 saturated heterocycles. The highest BCUT2D eigenvalue weighted by Gasteiger charge is 2.17. The molecular weight excluding hydrogens is 270 g/mol. The maximum Gasteiger partial charge on any atom is 0.149 e. The molecule has 0 radical (unpaired) electrons. The minimum atomic E-state index is 0.350. The standard InChI is InChI=1S/C17H14ClNO/c18-12-15-17(14-9-5-2-6-10-14)16(20-19-15)11-13-7-3-1-4-8-13/h1-10H,11-12H2. The number of benzene rings is 2. The van der Waals surface area contributed by atoms with Crippen LogP contribution < -0.4 is 0 Å². The van der Waals surface area contributed by atoms with Crippen molar-refractivity contribution in [3.05, 3.63) is 77.7 Å². The van der Waals surface area contributed by atoms with Crippen molar-refractivity contribution >= 4 is 11.6 Å². The van der Waals surface area contributed by atoms with Crippen LogP contribution in [-0.2, 0) is 12.3 Å². The van der Waals surface area contributed by atoms with E-state index in [-0.39, 0.29) is 0 Å². The number of halogens is 1. The highest BCUT2D eigenvalue weighted by atomic mass is 35.5. The van der Waals surface area contributed by atoms with Crippen molar-refractivity contribution in [1.29, 1.82) is 0 Å². The Morgan fingerprint density at radius 1 is 0.900 bits per heavy atom. The lowest BCUT2D eigenvalue weighted by atomic mass is 10.00. The number of rotatable bonds is 4. The monoisotopic (exact) mass is 283 g/mol. The molecule has 0 spiro atoms. The summed E-state index contributed by atoms with van der Waals surface area (Å²) < 4.78 is 5.51. The van der Waals surface area contributed by atoms with Gasteiger partial charge in [-0.15, -0.1) is 11.6 Å². The van der Waals surface area contributed by atoms with Crippen LogP contribution >= 0.6 is 11.6 Å². The van der Waals surface area contributed by atoms with Gasteiger partial charge in [0.2, 0.25) is 0 Å². The molecule has 0 aliphatic rings. The normalized spacial score (nSPS) is 10.7. The van der Waals surface area contributed by atoms with E-state index in [1.54, 1.807) is 0 Å². The lowest BCUT2D eigenvalue weighted by Crippen LogP contribution is -1.90. The molecule has 3 rings (SSSR count). The third kappa shape index (κ3) is 2.61. The Hall–Kier alpha value is -2.06. The summed E-state index contributed by atoms with van der Waals surface area (Å²) in [6.07, 6.45) is 0.717. The largest absolute Gasteiger partial charge is 0.360 e. The number of hydrogen-bond acceptors (Lipinski definition) is 2. The molecule has 0 unspecified atom stereocenters. The lowest BCUT2D eigenvalue weighted by Gasteiger charge is -2.03. The first-order valence-electron chi connectivity index (χ1n) is 6.51. The van der Waals surface area contributed by atoms with Gasteiger partial charge in [0.05, 0.1) is 5.88 Å². The van der Waals surface area contributed by atoms with Crippen LogP contribution in [0.5, 0.6) is 0 Å². The molecule has 20 heavy (non-hydrogen) atoms. The first-order valence-corrected chi connectivity index (χ1v) is 7.04. The Kier molecular flexibility index (Phi) is 3.84. The predicted molar refractivity (Wildman–Crippen MR) is 80.7 cm³/mol. The maximum atomic E-state index is 5.98. The molecule has 2 nitrogen and oxygen atoms in total. The second kappa shape index (κ2) is 5.93. The molecule has 2 aromatic carbocycles. The molecule has 0 N–H and O–H groups in total. The molecule has 1 aromatic heterocycles. The highest BCUT2D eigenvalue weighted by Crippen LogP contribution is 2.30. The Morgan fingerprint density at radius 2 is 1.55 bits per heavy atom. The molecule has 100 valence electrons. The average Bonchev–Trinajstić information content (AvgIpc) is 2.92. The Labute approximate surface area is 123 Å². The molecule has 0 atom stereocenters. The summed E-state index contributed by atoms with van der Waals surface area (Å²) in [5.74, 6) is 1.21. The molecule has 1 heterocycles. The molecule has 0 amide bonds. The number of aromatic nitrogens is 1. The van der Waals surface area contributed by atoms with Gasteiger partial charge in [0.15, 0.2) is 0 Å². The topological polar surface area (TPSA) is 26.0 Å². The minimum absolute atomic E-state index is 0.350. The quantitative estimate of drug-likeness (QED) is 0.650. The first-order chi connectivity index (χ1) is 9.88. The molecule has 0 aliphatic carbocycles. The SMILES string of the molecule is ClCc1noc(Cc2ccccc2)c1-c1ccccc1. The van der Waals surface area contributed by atoms with Gasteiger partial charge in [0.1, 0.15) is 11.5 Å². The lowest BCUT2D eigenvalue weighted by molar-refractivity contribution is 0.385. The smallest absolute Gasteiger partial charge is 0.149 e. The van der Waals surface area contributed by atoms with Crippen LogP contribution in [0.15, 0.2) is 65.2 Å². The maximum absolute atomic E-state index is 5.98. The molecule has 0 fully saturated rings. The van der Waals surface area contributed by atoms with E-state index in [2.05, 4.69) is 29.4 Å². The summed E-state index contributed by atoms with van der Waals surface area (Å²) in [5, 5.41) is 4.10. The van der Waals surface area contributed by atoms with Crippen LogP contribution in [0.3, 0.4) is 0 Å². The van der Waals surface area contributed by atoms with Crippen LogP contribution in [0, 0.1) is 0 Å². The van der Waals surface area contributed by atoms with Crippen molar-refractivity contribution in [1.82, 2.24) is 5.16 Å². The molecule has 0 aliphatic heterocycles. The van der Waals surface area contributed by atoms with Gasteiger partial charge in [-0.05, 0) is 11.1 Å². The van der Waals surface area contributed by atoms with Crippen molar-refractivity contribution in [2.24, 2.45) is 0 Å². The van der Waals surface area contributed by atoms with Gasteiger partial charge in [0, 0.05) is 12.0 Å². The van der Waals surface area contributed by atoms with E-state index in [0.29, 0.717) is 5.88 Å². The zero-order valence-electron chi connectivity index (χ0n) is 10.9. The predicted octanol–water partition coefficient (Wildman–Crippen LogP) is 4.67. The Bertz CT molecular complexity index is 677. The Morgan fingerprint density at radius 3 is 2.20 bits per heavy atom. The van der Waals surface area contributed by atoms with E-state index in [1.165, 1.54) is 5.56 Å². The van der Waals surface area contributed by atoms with Crippen LogP contribution in [0.1, 0.15) is 17.0 Å². The average molecular weight is 284 g/mol. The first kappa shape index (κ1) is 12.9. The second-order valence-electron chi connectivity index (χ2n) is 4.59. The van der Waals surface area contributed by atoms with Crippen LogP contribution in [-0.4, -0.2) is 5.16 Å². The van der Waals surface area contributed by atoms with Gasteiger partial charge < -0.3 is 4.52 Å². The summed E-state index contributed by atoms with van der Waals surface area (Å²) in [4.78, 5) is 0. The third-order valence-corrected chi connectivity index (χ3v) is 3.48. The fourth-order valence-corrected chi connectivity index (χ4v) is 2.47. The molecular formula is C17H14ClNO. The van der Waals surface area contributed by atoms with E-state index < -0.39 is 0 Å². The van der Waals surface area contributed by atoms with Crippen molar-refractivity contribution in [3.8, 4) is 11.1 Å². The van der Waals surface area contributed by atoms with E-state index in [4.69, 9.17) is 16.1 Å². The summed E-state index contributed by atoms with van der Waals surface area (Å²) in [7, 11) is 0. The van der Waals surface area contributed by atoms with Gasteiger partial charge in [-0.2, -0.15) is 0 Å². The highest BCUT2D eigenvalue weighted by molar-refractivity contribution is 6.17. The van der Waals surface area contributed by atoms with Crippen molar-refractivity contribution < 1.29 is 4.52 Å². The van der Waals surface area contributed by atoms with Crippen LogP contribution in [0.2, 0.25) is 0 Å². The molecule has 3 aromatic rings. The molecule has 0 bridgehead atoms. The van der Waals surface area contributed by atoms with Crippen molar-refractivity contribution in [2.75, 3.05) is 0 Å². The summed E-state index contributed by atoms with van der Waals surface area (Å²) >= 11 is 5.98. The van der Waals surface area contributed by atoms with E-state index in [9.17, 15) is 0 Å². The molecule has 0 saturated carbocycles.